The summed E-state index contributed by atoms with van der Waals surface area (Å²) in [6.45, 7) is 3.75. The smallest absolute Gasteiger partial charge is 0.390 e. The molecule has 1 aliphatic carbocycles. The van der Waals surface area contributed by atoms with Crippen molar-refractivity contribution in [2.24, 2.45) is 0 Å². The molecule has 0 aromatic carbocycles. The van der Waals surface area contributed by atoms with Crippen molar-refractivity contribution < 1.29 is 59.0 Å². The number of hydrogen-bond acceptors (Lipinski definition) is 11. The molecule has 1 fully saturated rings. The first-order chi connectivity index (χ1) is 31.9. The van der Waals surface area contributed by atoms with Gasteiger partial charge in [0.1, 0.15) is 42.7 Å². The van der Waals surface area contributed by atoms with Crippen LogP contribution in [0.3, 0.4) is 0 Å². The van der Waals surface area contributed by atoms with Gasteiger partial charge in [0.15, 0.2) is 0 Å². The highest BCUT2D eigenvalue weighted by molar-refractivity contribution is 7.47. The van der Waals surface area contributed by atoms with Crippen molar-refractivity contribution in [2.75, 3.05) is 6.61 Å². The lowest BCUT2D eigenvalue weighted by atomic mass is 9.85. The lowest BCUT2D eigenvalue weighted by Gasteiger charge is -2.41. The number of nitrogens with one attached hydrogen (secondary N) is 1. The summed E-state index contributed by atoms with van der Waals surface area (Å²) in [6.07, 6.45) is 31.4. The summed E-state index contributed by atoms with van der Waals surface area (Å²) in [7, 11) is -5.16. The Balaban J connectivity index is 2.38. The minimum Gasteiger partial charge on any atom is -0.390 e. The van der Waals surface area contributed by atoms with Crippen molar-refractivity contribution in [3.63, 3.8) is 0 Å². The minimum absolute atomic E-state index is 0.156. The average molecular weight is 966 g/mol. The molecule has 394 valence electrons. The summed E-state index contributed by atoms with van der Waals surface area (Å²) in [5.41, 5.74) is 0. The molecule has 1 amide bonds. The summed E-state index contributed by atoms with van der Waals surface area (Å²) in [5, 5.41) is 75.2. The van der Waals surface area contributed by atoms with Crippen LogP contribution in [0.1, 0.15) is 264 Å². The number of carbonyl (C=O) groups excluding carboxylic acids is 1. The van der Waals surface area contributed by atoms with Gasteiger partial charge in [-0.05, 0) is 12.8 Å². The van der Waals surface area contributed by atoms with E-state index in [0.29, 0.717) is 12.8 Å². The summed E-state index contributed by atoms with van der Waals surface area (Å²) >= 11 is 0. The Morgan fingerprint density at radius 3 is 1.09 bits per heavy atom. The van der Waals surface area contributed by atoms with Crippen LogP contribution in [0.5, 0.6) is 0 Å². The fraction of sp³-hybridized carbons (Fsp3) is 0.981. The lowest BCUT2D eigenvalue weighted by Crippen LogP contribution is -2.64. The molecule has 10 atom stereocenters. The van der Waals surface area contributed by atoms with E-state index in [-0.39, 0.29) is 12.8 Å². The van der Waals surface area contributed by atoms with Gasteiger partial charge in [0, 0.05) is 6.42 Å². The second-order valence-corrected chi connectivity index (χ2v) is 21.3. The molecule has 0 radical (unpaired) electrons. The first-order valence-corrected chi connectivity index (χ1v) is 29.1. The molecule has 0 saturated heterocycles. The van der Waals surface area contributed by atoms with Gasteiger partial charge in [-0.25, -0.2) is 4.57 Å². The highest BCUT2D eigenvalue weighted by atomic mass is 31.2. The average Bonchev–Trinajstić information content (AvgIpc) is 3.30. The van der Waals surface area contributed by atoms with E-state index in [1.165, 1.54) is 186 Å². The highest BCUT2D eigenvalue weighted by Crippen LogP contribution is 2.47. The normalized spacial score (nSPS) is 22.3. The van der Waals surface area contributed by atoms with Crippen LogP contribution in [-0.2, 0) is 18.4 Å². The Labute approximate surface area is 402 Å². The Hall–Kier alpha value is -0.700. The second-order valence-electron chi connectivity index (χ2n) is 19.9. The van der Waals surface area contributed by atoms with Gasteiger partial charge in [-0.3, -0.25) is 13.8 Å². The fourth-order valence-electron chi connectivity index (χ4n) is 9.24. The summed E-state index contributed by atoms with van der Waals surface area (Å²) < 4.78 is 23.0. The predicted octanol–water partition coefficient (Wildman–Crippen LogP) is 10.8. The van der Waals surface area contributed by atoms with E-state index < -0.39 is 75.2 Å². The third-order valence-electron chi connectivity index (χ3n) is 13.8. The SMILES string of the molecule is CCCCCCCCCCCCCCCCCCCCCCCCCC(=O)N[C@@H](COP(=O)(O)OC1[C@H](O)[C@H](O)C(O)[C@H](O)[C@H]1O)[C@H](O)C(O)CCCCCCCCCCCCCCCC. The van der Waals surface area contributed by atoms with E-state index in [1.54, 1.807) is 0 Å². The molecule has 1 rings (SSSR count). The summed E-state index contributed by atoms with van der Waals surface area (Å²) in [6, 6.07) is -1.30. The Morgan fingerprint density at radius 1 is 0.470 bits per heavy atom. The maximum Gasteiger partial charge on any atom is 0.472 e. The number of rotatable bonds is 47. The van der Waals surface area contributed by atoms with Crippen molar-refractivity contribution in [2.45, 2.75) is 319 Å². The quantitative estimate of drug-likeness (QED) is 0.0205. The largest absolute Gasteiger partial charge is 0.472 e. The van der Waals surface area contributed by atoms with Crippen molar-refractivity contribution >= 4 is 13.7 Å². The van der Waals surface area contributed by atoms with E-state index in [4.69, 9.17) is 9.05 Å². The number of carbonyl (C=O) groups is 1. The van der Waals surface area contributed by atoms with Crippen LogP contribution < -0.4 is 5.32 Å². The minimum atomic E-state index is -5.16. The lowest BCUT2D eigenvalue weighted by molar-refractivity contribution is -0.220. The molecular formula is C52H104NO12P. The van der Waals surface area contributed by atoms with Gasteiger partial charge in [-0.2, -0.15) is 0 Å². The van der Waals surface area contributed by atoms with Crippen LogP contribution in [-0.4, -0.2) is 108 Å². The molecule has 4 unspecified atom stereocenters. The van der Waals surface area contributed by atoms with Gasteiger partial charge in [-0.15, -0.1) is 0 Å². The van der Waals surface area contributed by atoms with Crippen molar-refractivity contribution in [1.82, 2.24) is 5.32 Å². The number of hydrogen-bond donors (Lipinski definition) is 9. The van der Waals surface area contributed by atoms with E-state index >= 15 is 0 Å². The van der Waals surface area contributed by atoms with Crippen LogP contribution in [0.4, 0.5) is 0 Å². The van der Waals surface area contributed by atoms with E-state index in [9.17, 15) is 50.0 Å². The zero-order valence-corrected chi connectivity index (χ0v) is 43.0. The van der Waals surface area contributed by atoms with E-state index in [0.717, 1.165) is 38.5 Å². The van der Waals surface area contributed by atoms with Crippen molar-refractivity contribution in [3.05, 3.63) is 0 Å². The van der Waals surface area contributed by atoms with Gasteiger partial charge in [0.2, 0.25) is 5.91 Å². The molecule has 0 heterocycles. The van der Waals surface area contributed by atoms with Gasteiger partial charge in [0.25, 0.3) is 0 Å². The second kappa shape index (κ2) is 42.0. The first kappa shape index (κ1) is 63.3. The maximum absolute atomic E-state index is 13.1. The molecule has 1 saturated carbocycles. The number of amides is 1. The molecule has 0 aliphatic heterocycles. The number of phosphoric ester groups is 1. The molecule has 0 aromatic rings. The van der Waals surface area contributed by atoms with Crippen LogP contribution in [0.15, 0.2) is 0 Å². The van der Waals surface area contributed by atoms with Crippen molar-refractivity contribution in [3.8, 4) is 0 Å². The van der Waals surface area contributed by atoms with E-state index in [1.807, 2.05) is 0 Å². The van der Waals surface area contributed by atoms with Gasteiger partial charge in [-0.1, -0.05) is 245 Å². The van der Waals surface area contributed by atoms with Crippen molar-refractivity contribution in [1.29, 1.82) is 0 Å². The molecule has 0 bridgehead atoms. The molecule has 13 nitrogen and oxygen atoms in total. The Bertz CT molecular complexity index is 1140. The molecule has 1 aliphatic rings. The topological polar surface area (TPSA) is 226 Å². The third kappa shape index (κ3) is 32.2. The van der Waals surface area contributed by atoms with Crippen LogP contribution in [0, 0.1) is 0 Å². The first-order valence-electron chi connectivity index (χ1n) is 27.6. The summed E-state index contributed by atoms with van der Waals surface area (Å²) in [5.74, 6) is -0.415. The Kier molecular flexibility index (Phi) is 40.3. The van der Waals surface area contributed by atoms with Gasteiger partial charge >= 0.3 is 7.82 Å². The standard InChI is InChI=1S/C52H104NO12P/c1-3-5-7-9-11-13-15-17-19-20-21-22-23-24-25-26-27-29-31-33-35-37-39-41-45(55)53-43(42-64-66(62,63)65-52-50(60)48(58)47(57)49(59)51(52)61)46(56)44(54)40-38-36-34-32-30-28-18-16-14-12-10-8-6-4-2/h43-44,46-52,54,56-61H,3-42H2,1-2H3,(H,53,55)(H,62,63)/t43-,44?,46-,47?,48-,49+,50+,51+,52?/m0/s1. The number of aliphatic hydroxyl groups is 7. The summed E-state index contributed by atoms with van der Waals surface area (Å²) in [4.78, 5) is 23.5. The molecule has 9 N–H and O–H groups in total. The molecule has 14 heteroatoms. The molecular weight excluding hydrogens is 862 g/mol. The molecule has 0 spiro atoms. The zero-order valence-electron chi connectivity index (χ0n) is 42.1. The Morgan fingerprint density at radius 2 is 0.758 bits per heavy atom. The molecule has 66 heavy (non-hydrogen) atoms. The van der Waals surface area contributed by atoms with E-state index in [2.05, 4.69) is 19.2 Å². The third-order valence-corrected chi connectivity index (χ3v) is 14.7. The number of aliphatic hydroxyl groups excluding tert-OH is 7. The highest BCUT2D eigenvalue weighted by Gasteiger charge is 2.51. The fourth-order valence-corrected chi connectivity index (χ4v) is 10.2. The van der Waals surface area contributed by atoms with Crippen LogP contribution in [0.25, 0.3) is 0 Å². The van der Waals surface area contributed by atoms with Crippen LogP contribution >= 0.6 is 7.82 Å². The monoisotopic (exact) mass is 966 g/mol. The number of phosphoric acid groups is 1. The molecule has 0 aromatic heterocycles. The maximum atomic E-state index is 13.1. The van der Waals surface area contributed by atoms with Gasteiger partial charge in [0.05, 0.1) is 18.8 Å². The zero-order chi connectivity index (χ0) is 48.7. The van der Waals surface area contributed by atoms with Gasteiger partial charge < -0.3 is 46.0 Å². The van der Waals surface area contributed by atoms with Crippen LogP contribution in [0.2, 0.25) is 0 Å². The predicted molar refractivity (Wildman–Crippen MR) is 266 cm³/mol. The number of unbranched alkanes of at least 4 members (excludes halogenated alkanes) is 35.